The van der Waals surface area contributed by atoms with Gasteiger partial charge in [0.25, 0.3) is 0 Å². The zero-order valence-electron chi connectivity index (χ0n) is 9.74. The lowest BCUT2D eigenvalue weighted by atomic mass is 10.4. The number of halogens is 1. The van der Waals surface area contributed by atoms with Gasteiger partial charge >= 0.3 is 0 Å². The van der Waals surface area contributed by atoms with Crippen LogP contribution in [-0.2, 0) is 4.74 Å². The fourth-order valence-electron chi connectivity index (χ4n) is 1.31. The van der Waals surface area contributed by atoms with E-state index < -0.39 is 0 Å². The molecule has 1 aromatic rings. The third-order valence-electron chi connectivity index (χ3n) is 2.21. The summed E-state index contributed by atoms with van der Waals surface area (Å²) in [6, 6.07) is 3.00. The molecule has 1 rings (SSSR count). The molecule has 0 aromatic carbocycles. The molecule has 0 saturated heterocycles. The predicted octanol–water partition coefficient (Wildman–Crippen LogP) is 0.893. The third-order valence-corrected chi connectivity index (χ3v) is 2.21. The Balaban J connectivity index is 2.30. The Morgan fingerprint density at radius 1 is 1.50 bits per heavy atom. The summed E-state index contributed by atoms with van der Waals surface area (Å²) in [6.07, 6.45) is 1.59. The molecule has 1 N–H and O–H groups in total. The molecule has 4 nitrogen and oxygen atoms in total. The Kier molecular flexibility index (Phi) is 5.74. The maximum atomic E-state index is 13.3. The highest BCUT2D eigenvalue weighted by Gasteiger charge is 2.06. The predicted molar refractivity (Wildman–Crippen MR) is 62.2 cm³/mol. The van der Waals surface area contributed by atoms with Crippen molar-refractivity contribution >= 4 is 5.82 Å². The van der Waals surface area contributed by atoms with Crippen LogP contribution < -0.4 is 10.2 Å². The molecule has 0 atom stereocenters. The zero-order valence-corrected chi connectivity index (χ0v) is 9.74. The molecule has 0 aliphatic heterocycles. The normalized spacial score (nSPS) is 10.4. The molecule has 0 aliphatic rings. The highest BCUT2D eigenvalue weighted by molar-refractivity contribution is 5.38. The van der Waals surface area contributed by atoms with Crippen molar-refractivity contribution in [3.63, 3.8) is 0 Å². The van der Waals surface area contributed by atoms with Gasteiger partial charge in [0.15, 0.2) is 11.6 Å². The summed E-state index contributed by atoms with van der Waals surface area (Å²) in [5.74, 6) is 0.0953. The molecular weight excluding hydrogens is 209 g/mol. The van der Waals surface area contributed by atoms with Gasteiger partial charge in [-0.1, -0.05) is 0 Å². The number of methoxy groups -OCH3 is 1. The fourth-order valence-corrected chi connectivity index (χ4v) is 1.31. The SMILES string of the molecule is COCCNCCN(C)c1ncccc1F. The number of ether oxygens (including phenoxy) is 1. The second-order valence-corrected chi connectivity index (χ2v) is 3.47. The highest BCUT2D eigenvalue weighted by Crippen LogP contribution is 2.12. The Labute approximate surface area is 95.4 Å². The van der Waals surface area contributed by atoms with Crippen molar-refractivity contribution in [3.05, 3.63) is 24.1 Å². The van der Waals surface area contributed by atoms with E-state index in [0.717, 1.165) is 13.1 Å². The number of rotatable bonds is 7. The van der Waals surface area contributed by atoms with Crippen LogP contribution in [0.4, 0.5) is 10.2 Å². The molecule has 16 heavy (non-hydrogen) atoms. The maximum Gasteiger partial charge on any atom is 0.165 e. The first-order valence-corrected chi connectivity index (χ1v) is 5.27. The molecule has 0 unspecified atom stereocenters. The Morgan fingerprint density at radius 3 is 3.00 bits per heavy atom. The number of likely N-dealkylation sites (N-methyl/N-ethyl adjacent to an activating group) is 1. The van der Waals surface area contributed by atoms with E-state index in [4.69, 9.17) is 4.74 Å². The van der Waals surface area contributed by atoms with Crippen LogP contribution in [0, 0.1) is 5.82 Å². The molecule has 0 amide bonds. The van der Waals surface area contributed by atoms with Gasteiger partial charge in [0, 0.05) is 40.0 Å². The van der Waals surface area contributed by atoms with Gasteiger partial charge in [-0.3, -0.25) is 0 Å². The molecule has 0 bridgehead atoms. The summed E-state index contributed by atoms with van der Waals surface area (Å²) >= 11 is 0. The molecule has 1 aromatic heterocycles. The van der Waals surface area contributed by atoms with Crippen LogP contribution >= 0.6 is 0 Å². The number of nitrogens with zero attached hydrogens (tertiary/aromatic N) is 2. The summed E-state index contributed by atoms with van der Waals surface area (Å²) in [5.41, 5.74) is 0. The van der Waals surface area contributed by atoms with E-state index in [0.29, 0.717) is 19.0 Å². The van der Waals surface area contributed by atoms with E-state index in [2.05, 4.69) is 10.3 Å². The van der Waals surface area contributed by atoms with E-state index >= 15 is 0 Å². The Hall–Kier alpha value is -1.20. The minimum atomic E-state index is -0.290. The molecule has 0 aliphatic carbocycles. The van der Waals surface area contributed by atoms with Crippen LogP contribution in [0.2, 0.25) is 0 Å². The van der Waals surface area contributed by atoms with Gasteiger partial charge < -0.3 is 15.0 Å². The van der Waals surface area contributed by atoms with E-state index in [1.54, 1.807) is 24.3 Å². The number of hydrogen-bond acceptors (Lipinski definition) is 4. The number of hydrogen-bond donors (Lipinski definition) is 1. The first-order chi connectivity index (χ1) is 7.75. The number of pyridine rings is 1. The van der Waals surface area contributed by atoms with E-state index in [-0.39, 0.29) is 5.82 Å². The van der Waals surface area contributed by atoms with Crippen LogP contribution in [0.25, 0.3) is 0 Å². The first-order valence-electron chi connectivity index (χ1n) is 5.27. The van der Waals surface area contributed by atoms with Gasteiger partial charge in [0.2, 0.25) is 0 Å². The fraction of sp³-hybridized carbons (Fsp3) is 0.545. The van der Waals surface area contributed by atoms with Crippen LogP contribution in [0.15, 0.2) is 18.3 Å². The van der Waals surface area contributed by atoms with Crippen LogP contribution in [0.5, 0.6) is 0 Å². The monoisotopic (exact) mass is 227 g/mol. The van der Waals surface area contributed by atoms with Crippen LogP contribution in [-0.4, -0.2) is 45.4 Å². The minimum absolute atomic E-state index is 0.290. The lowest BCUT2D eigenvalue weighted by molar-refractivity contribution is 0.200. The van der Waals surface area contributed by atoms with Crippen molar-refractivity contribution < 1.29 is 9.13 Å². The molecule has 0 saturated carbocycles. The van der Waals surface area contributed by atoms with Gasteiger partial charge in [-0.15, -0.1) is 0 Å². The summed E-state index contributed by atoms with van der Waals surface area (Å²) in [5, 5.41) is 3.19. The molecule has 90 valence electrons. The quantitative estimate of drug-likeness (QED) is 0.702. The van der Waals surface area contributed by atoms with Crippen molar-refractivity contribution in [2.75, 3.05) is 45.3 Å². The first kappa shape index (κ1) is 12.9. The van der Waals surface area contributed by atoms with E-state index in [9.17, 15) is 4.39 Å². The molecule has 0 radical (unpaired) electrons. The zero-order chi connectivity index (χ0) is 11.8. The van der Waals surface area contributed by atoms with Gasteiger partial charge in [0.05, 0.1) is 6.61 Å². The van der Waals surface area contributed by atoms with E-state index in [1.165, 1.54) is 6.07 Å². The smallest absolute Gasteiger partial charge is 0.165 e. The van der Waals surface area contributed by atoms with Crippen molar-refractivity contribution in [3.8, 4) is 0 Å². The second kappa shape index (κ2) is 7.14. The summed E-state index contributed by atoms with van der Waals surface area (Å²) in [7, 11) is 3.49. The summed E-state index contributed by atoms with van der Waals surface area (Å²) in [6.45, 7) is 2.96. The topological polar surface area (TPSA) is 37.4 Å². The number of aromatic nitrogens is 1. The molecular formula is C11H18FN3O. The van der Waals surface area contributed by atoms with Crippen molar-refractivity contribution in [2.24, 2.45) is 0 Å². The maximum absolute atomic E-state index is 13.3. The van der Waals surface area contributed by atoms with Crippen molar-refractivity contribution in [2.45, 2.75) is 0 Å². The van der Waals surface area contributed by atoms with Gasteiger partial charge in [-0.25, -0.2) is 9.37 Å². The van der Waals surface area contributed by atoms with Crippen LogP contribution in [0.1, 0.15) is 0 Å². The van der Waals surface area contributed by atoms with Gasteiger partial charge in [0.1, 0.15) is 0 Å². The lowest BCUT2D eigenvalue weighted by Gasteiger charge is -2.18. The average Bonchev–Trinajstić information content (AvgIpc) is 2.29. The Bertz CT molecular complexity index is 309. The average molecular weight is 227 g/mol. The van der Waals surface area contributed by atoms with Crippen molar-refractivity contribution in [1.82, 2.24) is 10.3 Å². The number of nitrogens with one attached hydrogen (secondary N) is 1. The Morgan fingerprint density at radius 2 is 2.31 bits per heavy atom. The van der Waals surface area contributed by atoms with Crippen molar-refractivity contribution in [1.29, 1.82) is 0 Å². The lowest BCUT2D eigenvalue weighted by Crippen LogP contribution is -2.31. The largest absolute Gasteiger partial charge is 0.383 e. The van der Waals surface area contributed by atoms with E-state index in [1.807, 2.05) is 7.05 Å². The van der Waals surface area contributed by atoms with Crippen LogP contribution in [0.3, 0.4) is 0 Å². The number of anilines is 1. The molecule has 1 heterocycles. The molecule has 0 spiro atoms. The molecule has 5 heteroatoms. The highest BCUT2D eigenvalue weighted by atomic mass is 19.1. The summed E-state index contributed by atoms with van der Waals surface area (Å²) < 4.78 is 18.2. The minimum Gasteiger partial charge on any atom is -0.383 e. The van der Waals surface area contributed by atoms with Gasteiger partial charge in [-0.2, -0.15) is 0 Å². The second-order valence-electron chi connectivity index (χ2n) is 3.47. The molecule has 0 fully saturated rings. The third kappa shape index (κ3) is 4.12. The van der Waals surface area contributed by atoms with Gasteiger partial charge in [-0.05, 0) is 12.1 Å². The summed E-state index contributed by atoms with van der Waals surface area (Å²) in [4.78, 5) is 5.78. The standard InChI is InChI=1S/C11H18FN3O/c1-15(8-6-13-7-9-16-2)11-10(12)4-3-5-14-11/h3-5,13H,6-9H2,1-2H3.